The largest absolute Gasteiger partial charge is 0.469 e. The summed E-state index contributed by atoms with van der Waals surface area (Å²) in [6, 6.07) is 0. The van der Waals surface area contributed by atoms with E-state index in [4.69, 9.17) is 0 Å². The molecule has 0 amide bonds. The van der Waals surface area contributed by atoms with Crippen LogP contribution in [0.4, 0.5) is 0 Å². The smallest absolute Gasteiger partial charge is 0.318 e. The first-order chi connectivity index (χ1) is 7.77. The molecule has 17 heavy (non-hydrogen) atoms. The van der Waals surface area contributed by atoms with Crippen molar-refractivity contribution >= 4 is 33.7 Å². The van der Waals surface area contributed by atoms with Crippen LogP contribution in [-0.2, 0) is 23.9 Å². The molecular weight excluding hydrogens is 292 g/mol. The van der Waals surface area contributed by atoms with Gasteiger partial charge in [0, 0.05) is 6.42 Å². The lowest BCUT2D eigenvalue weighted by Crippen LogP contribution is -2.39. The minimum absolute atomic E-state index is 0.120. The molecule has 0 saturated heterocycles. The minimum atomic E-state index is -1.22. The van der Waals surface area contributed by atoms with Crippen LogP contribution in [0.5, 0.6) is 0 Å². The van der Waals surface area contributed by atoms with Crippen LogP contribution in [0.1, 0.15) is 26.7 Å². The van der Waals surface area contributed by atoms with E-state index in [0.717, 1.165) is 0 Å². The third kappa shape index (κ3) is 4.46. The average Bonchev–Trinajstić information content (AvgIpc) is 2.32. The highest BCUT2D eigenvalue weighted by atomic mass is 79.9. The van der Waals surface area contributed by atoms with Gasteiger partial charge in [-0.05, 0) is 20.3 Å². The maximum absolute atomic E-state index is 12.0. The highest BCUT2D eigenvalue weighted by molar-refractivity contribution is 9.10. The molecule has 0 fully saturated rings. The summed E-state index contributed by atoms with van der Waals surface area (Å²) in [7, 11) is 2.51. The Hall–Kier alpha value is -0.910. The van der Waals surface area contributed by atoms with Crippen molar-refractivity contribution in [2.24, 2.45) is 5.41 Å². The molecule has 1 unspecified atom stereocenters. The lowest BCUT2D eigenvalue weighted by molar-refractivity contribution is -0.155. The van der Waals surface area contributed by atoms with Gasteiger partial charge in [-0.15, -0.1) is 0 Å². The second-order valence-electron chi connectivity index (χ2n) is 4.06. The molecule has 0 saturated carbocycles. The summed E-state index contributed by atoms with van der Waals surface area (Å²) in [5, 5.41) is 0. The Bertz CT molecular complexity index is 311. The Kier molecular flexibility index (Phi) is 6.37. The molecule has 0 rings (SSSR count). The predicted molar refractivity (Wildman–Crippen MR) is 64.8 cm³/mol. The summed E-state index contributed by atoms with van der Waals surface area (Å²) in [5.74, 6) is -1.30. The Morgan fingerprint density at radius 1 is 1.18 bits per heavy atom. The van der Waals surface area contributed by atoms with E-state index in [1.807, 2.05) is 0 Å². The van der Waals surface area contributed by atoms with E-state index in [9.17, 15) is 14.4 Å². The van der Waals surface area contributed by atoms with Crippen molar-refractivity contribution in [1.29, 1.82) is 0 Å². The number of hydrogen-bond donors (Lipinski definition) is 0. The molecule has 0 radical (unpaired) electrons. The Labute approximate surface area is 109 Å². The Balaban J connectivity index is 4.49. The number of ketones is 1. The van der Waals surface area contributed by atoms with E-state index in [1.54, 1.807) is 0 Å². The molecular formula is C11H17BrO5. The van der Waals surface area contributed by atoms with Gasteiger partial charge in [0.25, 0.3) is 0 Å². The van der Waals surface area contributed by atoms with Gasteiger partial charge in [0.15, 0.2) is 5.78 Å². The average molecular weight is 309 g/mol. The summed E-state index contributed by atoms with van der Waals surface area (Å²) in [5.41, 5.74) is -1.22. The predicted octanol–water partition coefficient (Wildman–Crippen LogP) is 1.47. The van der Waals surface area contributed by atoms with Crippen LogP contribution in [0, 0.1) is 5.41 Å². The maximum atomic E-state index is 12.0. The van der Waals surface area contributed by atoms with Crippen molar-refractivity contribution in [3.63, 3.8) is 0 Å². The molecule has 0 aromatic heterocycles. The molecule has 0 aliphatic rings. The van der Waals surface area contributed by atoms with E-state index in [1.165, 1.54) is 28.1 Å². The van der Waals surface area contributed by atoms with Crippen LogP contribution in [0.25, 0.3) is 0 Å². The number of alkyl halides is 1. The lowest BCUT2D eigenvalue weighted by atomic mass is 9.85. The first-order valence-electron chi connectivity index (χ1n) is 5.11. The third-order valence-corrected chi connectivity index (χ3v) is 3.30. The van der Waals surface area contributed by atoms with Crippen molar-refractivity contribution in [2.45, 2.75) is 31.5 Å². The van der Waals surface area contributed by atoms with E-state index in [-0.39, 0.29) is 18.6 Å². The maximum Gasteiger partial charge on any atom is 0.318 e. The molecule has 1 atom stereocenters. The molecule has 0 bridgehead atoms. The van der Waals surface area contributed by atoms with Crippen molar-refractivity contribution in [2.75, 3.05) is 14.2 Å². The third-order valence-electron chi connectivity index (χ3n) is 2.43. The van der Waals surface area contributed by atoms with Gasteiger partial charge in [-0.3, -0.25) is 14.4 Å². The van der Waals surface area contributed by atoms with Crippen molar-refractivity contribution in [3.05, 3.63) is 0 Å². The molecule has 0 heterocycles. The first-order valence-corrected chi connectivity index (χ1v) is 6.02. The first kappa shape index (κ1) is 16.1. The van der Waals surface area contributed by atoms with Crippen LogP contribution in [0.3, 0.4) is 0 Å². The minimum Gasteiger partial charge on any atom is -0.469 e. The molecule has 0 aliphatic heterocycles. The molecule has 98 valence electrons. The number of ether oxygens (including phenoxy) is 2. The van der Waals surface area contributed by atoms with E-state index < -0.39 is 22.2 Å². The number of methoxy groups -OCH3 is 2. The number of esters is 2. The summed E-state index contributed by atoms with van der Waals surface area (Å²) >= 11 is 3.17. The standard InChI is InChI=1S/C11H17BrO5/c1-11(2,10(15)17-4)9(14)7(12)5-6-8(13)16-3/h7H,5-6H2,1-4H3. The van der Waals surface area contributed by atoms with Crippen molar-refractivity contribution in [3.8, 4) is 0 Å². The molecule has 0 aromatic carbocycles. The van der Waals surface area contributed by atoms with Crippen molar-refractivity contribution in [1.82, 2.24) is 0 Å². The second kappa shape index (κ2) is 6.74. The number of carbonyl (C=O) groups excluding carboxylic acids is 3. The molecule has 0 aliphatic carbocycles. The number of halogens is 1. The second-order valence-corrected chi connectivity index (χ2v) is 5.17. The molecule has 0 aromatic rings. The summed E-state index contributed by atoms with van der Waals surface area (Å²) in [4.78, 5) is 33.7. The van der Waals surface area contributed by atoms with Crippen LogP contribution in [0.2, 0.25) is 0 Å². The van der Waals surface area contributed by atoms with Crippen molar-refractivity contribution < 1.29 is 23.9 Å². The van der Waals surface area contributed by atoms with Gasteiger partial charge in [0.2, 0.25) is 0 Å². The number of rotatable bonds is 6. The quantitative estimate of drug-likeness (QED) is 0.422. The molecule has 5 nitrogen and oxygen atoms in total. The summed E-state index contributed by atoms with van der Waals surface area (Å²) in [6.07, 6.45) is 0.404. The lowest BCUT2D eigenvalue weighted by Gasteiger charge is -2.22. The monoisotopic (exact) mass is 308 g/mol. The van der Waals surface area contributed by atoms with Crippen LogP contribution in [0.15, 0.2) is 0 Å². The summed E-state index contributed by atoms with van der Waals surface area (Å²) in [6.45, 7) is 2.99. The molecule has 6 heteroatoms. The summed E-state index contributed by atoms with van der Waals surface area (Å²) < 4.78 is 9.03. The fraction of sp³-hybridized carbons (Fsp3) is 0.727. The van der Waals surface area contributed by atoms with Gasteiger partial charge >= 0.3 is 11.9 Å². The zero-order chi connectivity index (χ0) is 13.6. The van der Waals surface area contributed by atoms with E-state index in [2.05, 4.69) is 25.4 Å². The van der Waals surface area contributed by atoms with E-state index in [0.29, 0.717) is 0 Å². The van der Waals surface area contributed by atoms with Crippen LogP contribution in [-0.4, -0.2) is 36.8 Å². The van der Waals surface area contributed by atoms with Crippen LogP contribution < -0.4 is 0 Å². The number of carbonyl (C=O) groups is 3. The van der Waals surface area contributed by atoms with Gasteiger partial charge < -0.3 is 9.47 Å². The highest BCUT2D eigenvalue weighted by Crippen LogP contribution is 2.25. The zero-order valence-electron chi connectivity index (χ0n) is 10.4. The number of Topliss-reactive ketones (excluding diaryl/α,β-unsaturated/α-hetero) is 1. The fourth-order valence-corrected chi connectivity index (χ4v) is 2.03. The highest BCUT2D eigenvalue weighted by Gasteiger charge is 2.40. The molecule has 0 N–H and O–H groups in total. The van der Waals surface area contributed by atoms with Gasteiger partial charge in [-0.25, -0.2) is 0 Å². The zero-order valence-corrected chi connectivity index (χ0v) is 12.0. The number of hydrogen-bond acceptors (Lipinski definition) is 5. The van der Waals surface area contributed by atoms with E-state index >= 15 is 0 Å². The Morgan fingerprint density at radius 2 is 1.71 bits per heavy atom. The van der Waals surface area contributed by atoms with Gasteiger partial charge in [0.05, 0.1) is 19.0 Å². The normalized spacial score (nSPS) is 12.8. The molecule has 0 spiro atoms. The SMILES string of the molecule is COC(=O)CCC(Br)C(=O)C(C)(C)C(=O)OC. The Morgan fingerprint density at radius 3 is 2.12 bits per heavy atom. The fourth-order valence-electron chi connectivity index (χ4n) is 1.23. The topological polar surface area (TPSA) is 69.7 Å². The van der Waals surface area contributed by atoms with Gasteiger partial charge in [0.1, 0.15) is 5.41 Å². The van der Waals surface area contributed by atoms with Gasteiger partial charge in [-0.2, -0.15) is 0 Å². The van der Waals surface area contributed by atoms with Crippen LogP contribution >= 0.6 is 15.9 Å². The van der Waals surface area contributed by atoms with Gasteiger partial charge in [-0.1, -0.05) is 15.9 Å².